The number of carbonyl (C=O) groups excluding carboxylic acids is 2. The number of hydrogen-bond acceptors (Lipinski definition) is 4. The molecule has 0 aliphatic rings. The SMILES string of the molecule is COc1ccc(/C=C/C(=O)Nc2ccccc2C(=O)N[C@H](C)c2ccccc2)cc1OC. The van der Waals surface area contributed by atoms with E-state index in [1.165, 1.54) is 6.08 Å². The van der Waals surface area contributed by atoms with E-state index in [-0.39, 0.29) is 17.9 Å². The van der Waals surface area contributed by atoms with Crippen molar-refractivity contribution in [3.05, 3.63) is 95.6 Å². The van der Waals surface area contributed by atoms with Crippen LogP contribution in [0.5, 0.6) is 11.5 Å². The van der Waals surface area contributed by atoms with Crippen LogP contribution in [0.2, 0.25) is 0 Å². The first kappa shape index (κ1) is 22.6. The number of carbonyl (C=O) groups is 2. The number of rotatable bonds is 8. The molecule has 0 saturated heterocycles. The number of benzene rings is 3. The highest BCUT2D eigenvalue weighted by molar-refractivity contribution is 6.07. The van der Waals surface area contributed by atoms with Gasteiger partial charge in [-0.2, -0.15) is 0 Å². The highest BCUT2D eigenvalue weighted by Gasteiger charge is 2.15. The van der Waals surface area contributed by atoms with E-state index in [4.69, 9.17) is 9.47 Å². The zero-order valence-corrected chi connectivity index (χ0v) is 18.3. The molecule has 32 heavy (non-hydrogen) atoms. The summed E-state index contributed by atoms with van der Waals surface area (Å²) in [5, 5.41) is 5.76. The summed E-state index contributed by atoms with van der Waals surface area (Å²) >= 11 is 0. The average Bonchev–Trinajstić information content (AvgIpc) is 2.83. The molecule has 0 saturated carbocycles. The molecule has 0 radical (unpaired) electrons. The van der Waals surface area contributed by atoms with Crippen molar-refractivity contribution >= 4 is 23.6 Å². The minimum absolute atomic E-state index is 0.169. The molecule has 6 heteroatoms. The minimum Gasteiger partial charge on any atom is -0.493 e. The number of anilines is 1. The van der Waals surface area contributed by atoms with Crippen molar-refractivity contribution in [1.82, 2.24) is 5.32 Å². The smallest absolute Gasteiger partial charge is 0.253 e. The van der Waals surface area contributed by atoms with Gasteiger partial charge in [-0.1, -0.05) is 48.5 Å². The zero-order chi connectivity index (χ0) is 22.9. The van der Waals surface area contributed by atoms with E-state index in [0.717, 1.165) is 11.1 Å². The van der Waals surface area contributed by atoms with Crippen LogP contribution < -0.4 is 20.1 Å². The van der Waals surface area contributed by atoms with Gasteiger partial charge in [0.2, 0.25) is 5.91 Å². The van der Waals surface area contributed by atoms with Crippen molar-refractivity contribution < 1.29 is 19.1 Å². The van der Waals surface area contributed by atoms with E-state index >= 15 is 0 Å². The molecule has 2 N–H and O–H groups in total. The lowest BCUT2D eigenvalue weighted by Gasteiger charge is -2.16. The highest BCUT2D eigenvalue weighted by atomic mass is 16.5. The number of para-hydroxylation sites is 1. The minimum atomic E-state index is -0.351. The van der Waals surface area contributed by atoms with E-state index in [0.29, 0.717) is 22.7 Å². The van der Waals surface area contributed by atoms with Crippen molar-refractivity contribution in [2.45, 2.75) is 13.0 Å². The monoisotopic (exact) mass is 430 g/mol. The van der Waals surface area contributed by atoms with Crippen LogP contribution in [-0.2, 0) is 4.79 Å². The molecule has 3 rings (SSSR count). The zero-order valence-electron chi connectivity index (χ0n) is 18.3. The van der Waals surface area contributed by atoms with Gasteiger partial charge in [0.15, 0.2) is 11.5 Å². The Balaban J connectivity index is 1.69. The third-order valence-electron chi connectivity index (χ3n) is 4.91. The first-order valence-corrected chi connectivity index (χ1v) is 10.2. The lowest BCUT2D eigenvalue weighted by atomic mass is 10.1. The van der Waals surface area contributed by atoms with Crippen molar-refractivity contribution in [3.8, 4) is 11.5 Å². The molecule has 0 aliphatic carbocycles. The summed E-state index contributed by atoms with van der Waals surface area (Å²) in [4.78, 5) is 25.3. The Labute approximate surface area is 187 Å². The molecular formula is C26H26N2O4. The van der Waals surface area contributed by atoms with E-state index in [1.54, 1.807) is 56.7 Å². The topological polar surface area (TPSA) is 76.7 Å². The second-order valence-electron chi connectivity index (χ2n) is 7.09. The lowest BCUT2D eigenvalue weighted by Crippen LogP contribution is -2.27. The Morgan fingerprint density at radius 2 is 1.56 bits per heavy atom. The maximum Gasteiger partial charge on any atom is 0.253 e. The first-order valence-electron chi connectivity index (χ1n) is 10.2. The molecule has 2 amide bonds. The van der Waals surface area contributed by atoms with Crippen molar-refractivity contribution in [3.63, 3.8) is 0 Å². The van der Waals surface area contributed by atoms with E-state index in [1.807, 2.05) is 43.3 Å². The Morgan fingerprint density at radius 3 is 2.28 bits per heavy atom. The fraction of sp³-hybridized carbons (Fsp3) is 0.154. The molecule has 164 valence electrons. The molecule has 0 bridgehead atoms. The van der Waals surface area contributed by atoms with Crippen LogP contribution in [-0.4, -0.2) is 26.0 Å². The molecule has 0 unspecified atom stereocenters. The third kappa shape index (κ3) is 5.76. The Bertz CT molecular complexity index is 1110. The first-order chi connectivity index (χ1) is 15.5. The van der Waals surface area contributed by atoms with Gasteiger partial charge in [-0.05, 0) is 48.4 Å². The normalized spacial score (nSPS) is 11.6. The van der Waals surface area contributed by atoms with Gasteiger partial charge in [0.05, 0.1) is 31.5 Å². The largest absolute Gasteiger partial charge is 0.493 e. The number of methoxy groups -OCH3 is 2. The predicted octanol–water partition coefficient (Wildman–Crippen LogP) is 4.85. The Morgan fingerprint density at radius 1 is 0.875 bits per heavy atom. The van der Waals surface area contributed by atoms with Gasteiger partial charge in [0.25, 0.3) is 5.91 Å². The fourth-order valence-electron chi connectivity index (χ4n) is 3.19. The number of nitrogens with one attached hydrogen (secondary N) is 2. The molecule has 0 aromatic heterocycles. The summed E-state index contributed by atoms with van der Waals surface area (Å²) in [5.74, 6) is 0.570. The average molecular weight is 431 g/mol. The second-order valence-corrected chi connectivity index (χ2v) is 7.09. The van der Waals surface area contributed by atoms with Gasteiger partial charge in [0, 0.05) is 6.08 Å². The Kier molecular flexibility index (Phi) is 7.65. The maximum atomic E-state index is 12.8. The standard InChI is InChI=1S/C26H26N2O4/c1-18(20-9-5-4-6-10-20)27-26(30)21-11-7-8-12-22(21)28-25(29)16-14-19-13-15-23(31-2)24(17-19)32-3/h4-18H,1-3H3,(H,27,30)(H,28,29)/b16-14+/t18-/m1/s1. The summed E-state index contributed by atoms with van der Waals surface area (Å²) in [6.07, 6.45) is 3.07. The molecular weight excluding hydrogens is 404 g/mol. The summed E-state index contributed by atoms with van der Waals surface area (Å²) in [5.41, 5.74) is 2.61. The molecule has 1 atom stereocenters. The predicted molar refractivity (Wildman–Crippen MR) is 126 cm³/mol. The van der Waals surface area contributed by atoms with Crippen LogP contribution in [0.4, 0.5) is 5.69 Å². The van der Waals surface area contributed by atoms with Crippen molar-refractivity contribution in [2.75, 3.05) is 19.5 Å². The number of hydrogen-bond donors (Lipinski definition) is 2. The highest BCUT2D eigenvalue weighted by Crippen LogP contribution is 2.28. The van der Waals surface area contributed by atoms with Crippen LogP contribution in [0.3, 0.4) is 0 Å². The van der Waals surface area contributed by atoms with Crippen molar-refractivity contribution in [1.29, 1.82) is 0 Å². The van der Waals surface area contributed by atoms with E-state index < -0.39 is 0 Å². The molecule has 3 aromatic rings. The van der Waals surface area contributed by atoms with Gasteiger partial charge >= 0.3 is 0 Å². The number of ether oxygens (including phenoxy) is 2. The van der Waals surface area contributed by atoms with Crippen molar-refractivity contribution in [2.24, 2.45) is 0 Å². The maximum absolute atomic E-state index is 12.8. The van der Waals surface area contributed by atoms with Crippen LogP contribution in [0.1, 0.15) is 34.5 Å². The summed E-state index contributed by atoms with van der Waals surface area (Å²) in [6.45, 7) is 1.92. The quantitative estimate of drug-likeness (QED) is 0.501. The van der Waals surface area contributed by atoms with Crippen LogP contribution >= 0.6 is 0 Å². The lowest BCUT2D eigenvalue weighted by molar-refractivity contribution is -0.111. The van der Waals surface area contributed by atoms with Gasteiger partial charge in [-0.3, -0.25) is 9.59 Å². The summed E-state index contributed by atoms with van der Waals surface area (Å²) < 4.78 is 10.5. The molecule has 0 heterocycles. The third-order valence-corrected chi connectivity index (χ3v) is 4.91. The van der Waals surface area contributed by atoms with E-state index in [2.05, 4.69) is 10.6 Å². The molecule has 0 spiro atoms. The molecule has 6 nitrogen and oxygen atoms in total. The second kappa shape index (κ2) is 10.8. The van der Waals surface area contributed by atoms with E-state index in [9.17, 15) is 9.59 Å². The molecule has 0 aliphatic heterocycles. The molecule has 0 fully saturated rings. The molecule has 3 aromatic carbocycles. The summed E-state index contributed by atoms with van der Waals surface area (Å²) in [6, 6.07) is 21.8. The Hall–Kier alpha value is -4.06. The fourth-order valence-corrected chi connectivity index (χ4v) is 3.19. The van der Waals surface area contributed by atoms with Gasteiger partial charge < -0.3 is 20.1 Å². The van der Waals surface area contributed by atoms with Crippen LogP contribution in [0.25, 0.3) is 6.08 Å². The van der Waals surface area contributed by atoms with Crippen LogP contribution in [0, 0.1) is 0 Å². The van der Waals surface area contributed by atoms with Gasteiger partial charge in [-0.25, -0.2) is 0 Å². The summed E-state index contributed by atoms with van der Waals surface area (Å²) in [7, 11) is 3.12. The number of amides is 2. The van der Waals surface area contributed by atoms with Gasteiger partial charge in [0.1, 0.15) is 0 Å². The van der Waals surface area contributed by atoms with Gasteiger partial charge in [-0.15, -0.1) is 0 Å². The van der Waals surface area contributed by atoms with Crippen LogP contribution in [0.15, 0.2) is 78.9 Å².